The van der Waals surface area contributed by atoms with E-state index in [1.165, 1.54) is 34.4 Å². The van der Waals surface area contributed by atoms with Crippen LogP contribution in [0.4, 0.5) is 0 Å². The molecule has 0 atom stereocenters. The molecule has 0 saturated carbocycles. The highest BCUT2D eigenvalue weighted by molar-refractivity contribution is 9.10. The van der Waals surface area contributed by atoms with Gasteiger partial charge < -0.3 is 10.0 Å². The van der Waals surface area contributed by atoms with Gasteiger partial charge in [-0.3, -0.25) is 0 Å². The molecule has 0 aliphatic rings. The molecular weight excluding hydrogens is 543 g/mol. The molecule has 2 nitrogen and oxygen atoms in total. The van der Waals surface area contributed by atoms with E-state index in [9.17, 15) is 0 Å². The summed E-state index contributed by atoms with van der Waals surface area (Å²) in [4.78, 5) is 3.71. The molecule has 7 heteroatoms. The van der Waals surface area contributed by atoms with E-state index < -0.39 is 7.12 Å². The molecule has 0 aliphatic carbocycles. The lowest BCUT2D eigenvalue weighted by Gasteiger charge is -1.97. The number of rotatable bonds is 1. The van der Waals surface area contributed by atoms with E-state index >= 15 is 0 Å². The van der Waals surface area contributed by atoms with Crippen molar-refractivity contribution < 1.29 is 10.0 Å². The van der Waals surface area contributed by atoms with Gasteiger partial charge in [0, 0.05) is 44.1 Å². The van der Waals surface area contributed by atoms with Crippen LogP contribution in [0.25, 0.3) is 30.3 Å². The van der Waals surface area contributed by atoms with Gasteiger partial charge in [0.25, 0.3) is 0 Å². The van der Waals surface area contributed by atoms with E-state index in [2.05, 4.69) is 84.4 Å². The number of aryl methyl sites for hydroxylation is 3. The zero-order valence-corrected chi connectivity index (χ0v) is 23.1. The Hall–Kier alpha value is -2.00. The van der Waals surface area contributed by atoms with Crippen LogP contribution >= 0.6 is 49.9 Å². The maximum Gasteiger partial charge on any atom is 0.490 e. The summed E-state index contributed by atoms with van der Waals surface area (Å²) < 4.78 is 5.10. The molecule has 0 amide bonds. The molecular formula is C27H24BBrO2S3. The quantitative estimate of drug-likeness (QED) is 0.197. The average molecular weight is 567 g/mol. The summed E-state index contributed by atoms with van der Waals surface area (Å²) in [5.41, 5.74) is 0.639. The van der Waals surface area contributed by atoms with Gasteiger partial charge in [-0.25, -0.2) is 0 Å². The first-order chi connectivity index (χ1) is 16.3. The first-order valence-corrected chi connectivity index (χ1v) is 14.0. The fourth-order valence-electron chi connectivity index (χ4n) is 3.76. The summed E-state index contributed by atoms with van der Waals surface area (Å²) in [5.74, 6) is 0. The van der Waals surface area contributed by atoms with Crippen molar-refractivity contribution in [3.05, 3.63) is 98.0 Å². The molecule has 2 N–H and O–H groups in total. The van der Waals surface area contributed by atoms with Crippen molar-refractivity contribution in [2.75, 3.05) is 0 Å². The summed E-state index contributed by atoms with van der Waals surface area (Å²) in [5, 5.41) is 21.9. The maximum absolute atomic E-state index is 9.15. The molecule has 3 aromatic heterocycles. The topological polar surface area (TPSA) is 40.5 Å². The van der Waals surface area contributed by atoms with Gasteiger partial charge in [0.1, 0.15) is 0 Å². The fourth-order valence-corrected chi connectivity index (χ4v) is 7.45. The van der Waals surface area contributed by atoms with Gasteiger partial charge in [-0.2, -0.15) is 0 Å². The average Bonchev–Trinajstić information content (AvgIpc) is 3.46. The summed E-state index contributed by atoms with van der Waals surface area (Å²) in [6, 6.07) is 26.9. The minimum absolute atomic E-state index is 0.639. The van der Waals surface area contributed by atoms with Gasteiger partial charge in [-0.05, 0) is 71.7 Å². The number of hydrogen-bond donors (Lipinski definition) is 2. The van der Waals surface area contributed by atoms with Crippen molar-refractivity contribution >= 4 is 92.8 Å². The maximum atomic E-state index is 9.15. The lowest BCUT2D eigenvalue weighted by molar-refractivity contribution is 0.426. The molecule has 0 radical (unpaired) electrons. The van der Waals surface area contributed by atoms with Crippen LogP contribution in [0.3, 0.4) is 0 Å². The van der Waals surface area contributed by atoms with E-state index in [0.717, 1.165) is 15.0 Å². The molecule has 172 valence electrons. The zero-order valence-electron chi connectivity index (χ0n) is 19.1. The van der Waals surface area contributed by atoms with Crippen LogP contribution in [-0.4, -0.2) is 17.2 Å². The van der Waals surface area contributed by atoms with Crippen LogP contribution in [0, 0.1) is 20.8 Å². The second kappa shape index (κ2) is 11.2. The molecule has 3 heterocycles. The fraction of sp³-hybridized carbons (Fsp3) is 0.111. The second-order valence-corrected chi connectivity index (χ2v) is 12.4. The van der Waals surface area contributed by atoms with Crippen LogP contribution in [0.15, 0.2) is 83.3 Å². The van der Waals surface area contributed by atoms with Gasteiger partial charge in [0.2, 0.25) is 0 Å². The molecule has 0 fully saturated rings. The third-order valence-corrected chi connectivity index (χ3v) is 9.83. The SMILES string of the molecule is Cc1cc2ccccc2s1.Cc1sc2ccccc2c1B(O)O.Cc1sc2ccccc2c1Br. The van der Waals surface area contributed by atoms with Crippen molar-refractivity contribution in [2.24, 2.45) is 0 Å². The van der Waals surface area contributed by atoms with Gasteiger partial charge in [-0.15, -0.1) is 34.0 Å². The van der Waals surface area contributed by atoms with Crippen LogP contribution in [0.2, 0.25) is 0 Å². The summed E-state index contributed by atoms with van der Waals surface area (Å²) >= 11 is 8.83. The van der Waals surface area contributed by atoms with E-state index in [4.69, 9.17) is 10.0 Å². The van der Waals surface area contributed by atoms with Crippen molar-refractivity contribution in [3.63, 3.8) is 0 Å². The normalized spacial score (nSPS) is 10.6. The summed E-state index contributed by atoms with van der Waals surface area (Å²) in [6.45, 7) is 6.18. The Morgan fingerprint density at radius 3 is 1.79 bits per heavy atom. The number of thiophene rings is 3. The number of fused-ring (bicyclic) bond motifs is 3. The van der Waals surface area contributed by atoms with Crippen molar-refractivity contribution in [1.29, 1.82) is 0 Å². The predicted octanol–water partition coefficient (Wildman–Crippen LogP) is 8.07. The highest BCUT2D eigenvalue weighted by Gasteiger charge is 2.19. The van der Waals surface area contributed by atoms with E-state index in [1.807, 2.05) is 53.9 Å². The van der Waals surface area contributed by atoms with Crippen molar-refractivity contribution in [1.82, 2.24) is 0 Å². The van der Waals surface area contributed by atoms with Gasteiger partial charge in [-0.1, -0.05) is 54.6 Å². The van der Waals surface area contributed by atoms with Crippen LogP contribution < -0.4 is 5.46 Å². The first kappa shape index (κ1) is 25.1. The Bertz CT molecular complexity index is 1510. The van der Waals surface area contributed by atoms with Gasteiger partial charge in [0.15, 0.2) is 0 Å². The molecule has 6 aromatic rings. The summed E-state index contributed by atoms with van der Waals surface area (Å²) in [7, 11) is -1.36. The lowest BCUT2D eigenvalue weighted by atomic mass is 9.78. The minimum Gasteiger partial charge on any atom is -0.423 e. The molecule has 34 heavy (non-hydrogen) atoms. The monoisotopic (exact) mass is 566 g/mol. The third-order valence-electron chi connectivity index (χ3n) is 5.32. The predicted molar refractivity (Wildman–Crippen MR) is 157 cm³/mol. The van der Waals surface area contributed by atoms with E-state index in [-0.39, 0.29) is 0 Å². The smallest absolute Gasteiger partial charge is 0.423 e. The van der Waals surface area contributed by atoms with Crippen LogP contribution in [-0.2, 0) is 0 Å². The Morgan fingerprint density at radius 1 is 0.647 bits per heavy atom. The van der Waals surface area contributed by atoms with Crippen molar-refractivity contribution in [2.45, 2.75) is 20.8 Å². The number of hydrogen-bond acceptors (Lipinski definition) is 5. The highest BCUT2D eigenvalue weighted by Crippen LogP contribution is 2.34. The molecule has 0 spiro atoms. The Labute approximate surface area is 220 Å². The number of halogens is 1. The molecule has 0 aliphatic heterocycles. The molecule has 6 rings (SSSR count). The van der Waals surface area contributed by atoms with Crippen LogP contribution in [0.1, 0.15) is 14.6 Å². The van der Waals surface area contributed by atoms with Gasteiger partial charge >= 0.3 is 7.12 Å². The second-order valence-electron chi connectivity index (χ2n) is 7.81. The lowest BCUT2D eigenvalue weighted by Crippen LogP contribution is -2.30. The Morgan fingerprint density at radius 2 is 1.18 bits per heavy atom. The molecule has 0 bridgehead atoms. The Balaban J connectivity index is 0.000000122. The number of benzene rings is 3. The summed E-state index contributed by atoms with van der Waals surface area (Å²) in [6.07, 6.45) is 0. The minimum atomic E-state index is -1.36. The van der Waals surface area contributed by atoms with Crippen molar-refractivity contribution in [3.8, 4) is 0 Å². The van der Waals surface area contributed by atoms with Gasteiger partial charge in [0.05, 0.1) is 0 Å². The zero-order chi connectivity index (χ0) is 24.2. The van der Waals surface area contributed by atoms with E-state index in [1.54, 1.807) is 11.3 Å². The highest BCUT2D eigenvalue weighted by atomic mass is 79.9. The first-order valence-electron chi connectivity index (χ1n) is 10.8. The Kier molecular flexibility index (Phi) is 8.24. The standard InChI is InChI=1S/C9H9BO2S.C9H7BrS.C9H8S/c1-6-9(10(11)12)7-4-2-3-5-8(7)13-6;1-6-9(10)7-4-2-3-5-8(7)11-6;1-7-6-8-4-2-3-5-9(8)10-7/h2-5,11-12H,1H3;2-5H,1H3;2-6H,1H3. The van der Waals surface area contributed by atoms with Crippen LogP contribution in [0.5, 0.6) is 0 Å². The molecule has 0 saturated heterocycles. The molecule has 0 unspecified atom stereocenters. The largest absolute Gasteiger partial charge is 0.490 e. The third kappa shape index (κ3) is 5.62. The van der Waals surface area contributed by atoms with E-state index in [0.29, 0.717) is 5.46 Å². The molecule has 3 aromatic carbocycles.